The van der Waals surface area contributed by atoms with Gasteiger partial charge >= 0.3 is 6.18 Å². The van der Waals surface area contributed by atoms with Crippen molar-refractivity contribution in [1.29, 1.82) is 0 Å². The van der Waals surface area contributed by atoms with Crippen LogP contribution in [0, 0.1) is 0 Å². The van der Waals surface area contributed by atoms with Crippen LogP contribution in [0.4, 0.5) is 18.9 Å². The predicted molar refractivity (Wildman–Crippen MR) is 85.8 cm³/mol. The van der Waals surface area contributed by atoms with Gasteiger partial charge in [-0.15, -0.1) is 0 Å². The van der Waals surface area contributed by atoms with Gasteiger partial charge in [0.2, 0.25) is 11.8 Å². The van der Waals surface area contributed by atoms with E-state index in [1.165, 1.54) is 19.2 Å². The fourth-order valence-electron chi connectivity index (χ4n) is 1.90. The van der Waals surface area contributed by atoms with Crippen LogP contribution in [-0.4, -0.2) is 23.2 Å². The van der Waals surface area contributed by atoms with Crippen molar-refractivity contribution in [2.45, 2.75) is 32.0 Å². The second kappa shape index (κ2) is 7.96. The second-order valence-corrected chi connectivity index (χ2v) is 6.02. The summed E-state index contributed by atoms with van der Waals surface area (Å²) >= 11 is 2.84. The van der Waals surface area contributed by atoms with Crippen LogP contribution >= 0.6 is 15.9 Å². The summed E-state index contributed by atoms with van der Waals surface area (Å²) in [6.45, 7) is 1.74. The Morgan fingerprint density at radius 2 is 2.16 bits per heavy atom. The summed E-state index contributed by atoms with van der Waals surface area (Å²) < 4.78 is 48.5. The van der Waals surface area contributed by atoms with Crippen molar-refractivity contribution < 1.29 is 27.2 Å². The van der Waals surface area contributed by atoms with Crippen LogP contribution in [0.1, 0.15) is 36.7 Å². The highest BCUT2D eigenvalue weighted by atomic mass is 79.9. The second-order valence-electron chi connectivity index (χ2n) is 5.16. The average molecular weight is 422 g/mol. The molecule has 1 heterocycles. The molecule has 1 N–H and O–H groups in total. The molecule has 2 rings (SSSR count). The number of aromatic nitrogens is 2. The first-order valence-corrected chi connectivity index (χ1v) is 8.02. The van der Waals surface area contributed by atoms with E-state index in [2.05, 4.69) is 31.4 Å². The Bertz CT molecular complexity index is 749. The molecule has 1 aromatic carbocycles. The molecule has 0 saturated heterocycles. The van der Waals surface area contributed by atoms with Crippen LogP contribution in [-0.2, 0) is 22.1 Å². The summed E-state index contributed by atoms with van der Waals surface area (Å²) in [4.78, 5) is 16.0. The number of nitrogens with one attached hydrogen (secondary N) is 1. The van der Waals surface area contributed by atoms with E-state index >= 15 is 0 Å². The monoisotopic (exact) mass is 421 g/mol. The van der Waals surface area contributed by atoms with Gasteiger partial charge in [0.15, 0.2) is 5.82 Å². The molecule has 10 heteroatoms. The first-order chi connectivity index (χ1) is 11.7. The Kier molecular flexibility index (Phi) is 6.17. The number of carbonyl (C=O) groups excluding carboxylic acids is 1. The summed E-state index contributed by atoms with van der Waals surface area (Å²) in [5.74, 6) is 0.150. The zero-order valence-corrected chi connectivity index (χ0v) is 14.9. The van der Waals surface area contributed by atoms with Crippen molar-refractivity contribution in [3.8, 4) is 0 Å². The maximum absolute atomic E-state index is 12.9. The number of nitrogens with zero attached hydrogens (tertiary/aromatic N) is 2. The lowest BCUT2D eigenvalue weighted by atomic mass is 10.2. The van der Waals surface area contributed by atoms with Crippen LogP contribution in [0.5, 0.6) is 0 Å². The topological polar surface area (TPSA) is 77.2 Å². The van der Waals surface area contributed by atoms with Crippen molar-refractivity contribution in [2.24, 2.45) is 0 Å². The number of rotatable bonds is 6. The first kappa shape index (κ1) is 19.4. The standard InChI is InChI=1S/C15H15BrF3N3O3/c1-8(24-2)14-21-13(25-22-14)6-5-12(23)20-9-3-4-11(16)10(7-9)15(17,18)19/h3-4,7-8H,5-6H2,1-2H3,(H,20,23)/t8-/m0/s1. The fourth-order valence-corrected chi connectivity index (χ4v) is 2.38. The molecule has 2 aromatic rings. The quantitative estimate of drug-likeness (QED) is 0.758. The van der Waals surface area contributed by atoms with Gasteiger partial charge < -0.3 is 14.6 Å². The highest BCUT2D eigenvalue weighted by molar-refractivity contribution is 9.10. The zero-order valence-electron chi connectivity index (χ0n) is 13.4. The number of carbonyl (C=O) groups is 1. The lowest BCUT2D eigenvalue weighted by Crippen LogP contribution is -2.14. The minimum atomic E-state index is -4.52. The minimum absolute atomic E-state index is 0.0135. The highest BCUT2D eigenvalue weighted by Gasteiger charge is 2.33. The number of hydrogen-bond donors (Lipinski definition) is 1. The molecular weight excluding hydrogens is 407 g/mol. The normalized spacial score (nSPS) is 12.9. The predicted octanol–water partition coefficient (Wildman–Crippen LogP) is 4.13. The number of ether oxygens (including phenoxy) is 1. The van der Waals surface area contributed by atoms with Crippen LogP contribution in [0.25, 0.3) is 0 Å². The third kappa shape index (κ3) is 5.27. The smallest absolute Gasteiger partial charge is 0.374 e. The Morgan fingerprint density at radius 1 is 1.44 bits per heavy atom. The van der Waals surface area contributed by atoms with Gasteiger partial charge in [0.1, 0.15) is 6.10 Å². The molecular formula is C15H15BrF3N3O3. The van der Waals surface area contributed by atoms with Crippen LogP contribution in [0.2, 0.25) is 0 Å². The summed E-state index contributed by atoms with van der Waals surface area (Å²) in [5.41, 5.74) is -0.805. The van der Waals surface area contributed by atoms with E-state index in [-0.39, 0.29) is 35.0 Å². The highest BCUT2D eigenvalue weighted by Crippen LogP contribution is 2.36. The van der Waals surface area contributed by atoms with Crippen LogP contribution in [0.15, 0.2) is 27.2 Å². The largest absolute Gasteiger partial charge is 0.417 e. The van der Waals surface area contributed by atoms with Crippen LogP contribution < -0.4 is 5.32 Å². The molecule has 0 aliphatic rings. The zero-order chi connectivity index (χ0) is 18.6. The number of methoxy groups -OCH3 is 1. The number of halogens is 4. The molecule has 25 heavy (non-hydrogen) atoms. The molecule has 0 spiro atoms. The molecule has 6 nitrogen and oxygen atoms in total. The van der Waals surface area contributed by atoms with Crippen molar-refractivity contribution >= 4 is 27.5 Å². The van der Waals surface area contributed by atoms with E-state index in [4.69, 9.17) is 9.26 Å². The lowest BCUT2D eigenvalue weighted by Gasteiger charge is -2.11. The Balaban J connectivity index is 1.95. The van der Waals surface area contributed by atoms with Crippen LogP contribution in [0.3, 0.4) is 0 Å². The molecule has 1 atom stereocenters. The summed E-state index contributed by atoms with van der Waals surface area (Å²) in [6.07, 6.45) is -4.70. The fraction of sp³-hybridized carbons (Fsp3) is 0.400. The number of alkyl halides is 3. The number of hydrogen-bond acceptors (Lipinski definition) is 5. The van der Waals surface area contributed by atoms with E-state index in [0.29, 0.717) is 5.82 Å². The van der Waals surface area contributed by atoms with E-state index < -0.39 is 17.6 Å². The van der Waals surface area contributed by atoms with Crippen molar-refractivity contribution in [3.63, 3.8) is 0 Å². The van der Waals surface area contributed by atoms with Crippen molar-refractivity contribution in [3.05, 3.63) is 40.0 Å². The van der Waals surface area contributed by atoms with E-state index in [1.54, 1.807) is 6.92 Å². The molecule has 1 aromatic heterocycles. The maximum atomic E-state index is 12.9. The number of benzene rings is 1. The molecule has 0 aliphatic carbocycles. The number of anilines is 1. The maximum Gasteiger partial charge on any atom is 0.417 e. The molecule has 0 saturated carbocycles. The molecule has 0 bridgehead atoms. The molecule has 0 fully saturated rings. The van der Waals surface area contributed by atoms with E-state index in [0.717, 1.165) is 6.07 Å². The summed E-state index contributed by atoms with van der Waals surface area (Å²) in [6, 6.07) is 3.48. The number of aryl methyl sites for hydroxylation is 1. The molecule has 0 radical (unpaired) electrons. The Hall–Kier alpha value is -1.94. The Labute approximate surface area is 149 Å². The number of amides is 1. The van der Waals surface area contributed by atoms with Gasteiger partial charge in [-0.05, 0) is 25.1 Å². The van der Waals surface area contributed by atoms with Gasteiger partial charge in [0, 0.05) is 30.1 Å². The summed E-state index contributed by atoms with van der Waals surface area (Å²) in [7, 11) is 1.50. The van der Waals surface area contributed by atoms with E-state index in [9.17, 15) is 18.0 Å². The molecule has 136 valence electrons. The first-order valence-electron chi connectivity index (χ1n) is 7.22. The molecule has 1 amide bonds. The lowest BCUT2D eigenvalue weighted by molar-refractivity contribution is -0.138. The van der Waals surface area contributed by atoms with Gasteiger partial charge in [-0.1, -0.05) is 21.1 Å². The minimum Gasteiger partial charge on any atom is -0.374 e. The Morgan fingerprint density at radius 3 is 2.80 bits per heavy atom. The molecule has 0 aliphatic heterocycles. The third-order valence-corrected chi connectivity index (χ3v) is 4.01. The SMILES string of the molecule is CO[C@@H](C)c1noc(CCC(=O)Nc2ccc(Br)c(C(F)(F)F)c2)n1. The molecule has 0 unspecified atom stereocenters. The van der Waals surface area contributed by atoms with Gasteiger partial charge in [0.25, 0.3) is 0 Å². The van der Waals surface area contributed by atoms with Gasteiger partial charge in [-0.2, -0.15) is 18.2 Å². The van der Waals surface area contributed by atoms with Crippen molar-refractivity contribution in [2.75, 3.05) is 12.4 Å². The van der Waals surface area contributed by atoms with Gasteiger partial charge in [-0.3, -0.25) is 4.79 Å². The van der Waals surface area contributed by atoms with Crippen molar-refractivity contribution in [1.82, 2.24) is 10.1 Å². The third-order valence-electron chi connectivity index (χ3n) is 3.32. The van der Waals surface area contributed by atoms with E-state index in [1.807, 2.05) is 0 Å². The van der Waals surface area contributed by atoms with Gasteiger partial charge in [-0.25, -0.2) is 0 Å². The van der Waals surface area contributed by atoms with Gasteiger partial charge in [0.05, 0.1) is 5.56 Å². The summed E-state index contributed by atoms with van der Waals surface area (Å²) in [5, 5.41) is 6.14. The average Bonchev–Trinajstić information content (AvgIpc) is 3.02.